The number of aromatic nitrogens is 2. The van der Waals surface area contributed by atoms with Crippen LogP contribution in [-0.2, 0) is 4.74 Å². The maximum atomic E-state index is 12.3. The van der Waals surface area contributed by atoms with Crippen molar-refractivity contribution in [2.75, 3.05) is 31.1 Å². The predicted octanol–water partition coefficient (Wildman–Crippen LogP) is 3.63. The lowest BCUT2D eigenvalue weighted by Crippen LogP contribution is -2.46. The minimum Gasteiger partial charge on any atom is -0.462 e. The van der Waals surface area contributed by atoms with Crippen LogP contribution in [0.5, 0.6) is 0 Å². The molecule has 4 heterocycles. The largest absolute Gasteiger partial charge is 0.462 e. The number of likely N-dealkylation sites (tertiary alicyclic amines) is 1. The van der Waals surface area contributed by atoms with Crippen LogP contribution in [-0.4, -0.2) is 59.2 Å². The van der Waals surface area contributed by atoms with E-state index in [1.165, 1.54) is 43.6 Å². The van der Waals surface area contributed by atoms with Crippen LogP contribution >= 0.6 is 11.3 Å². The summed E-state index contributed by atoms with van der Waals surface area (Å²) in [6.07, 6.45) is 6.63. The number of thiophene rings is 1. The van der Waals surface area contributed by atoms with Crippen molar-refractivity contribution in [2.45, 2.75) is 58.5 Å². The molecule has 0 amide bonds. The number of fused-ring (bicyclic) bond motifs is 1. The maximum Gasteiger partial charge on any atom is 0.348 e. The average Bonchev–Trinajstić information content (AvgIpc) is 3.25. The molecule has 6 nitrogen and oxygen atoms in total. The summed E-state index contributed by atoms with van der Waals surface area (Å²) in [7, 11) is 0. The SMILES string of the molecule is CCOC(=O)c1sc2ncnc(N3CCC(N4CCCC4C)CC3)c2c1C. The van der Waals surface area contributed by atoms with Gasteiger partial charge in [-0.25, -0.2) is 14.8 Å². The highest BCUT2D eigenvalue weighted by atomic mass is 32.1. The monoisotopic (exact) mass is 388 g/mol. The van der Waals surface area contributed by atoms with Crippen molar-refractivity contribution in [3.05, 3.63) is 16.8 Å². The van der Waals surface area contributed by atoms with Crippen LogP contribution < -0.4 is 4.90 Å². The zero-order valence-electron chi connectivity index (χ0n) is 16.4. The summed E-state index contributed by atoms with van der Waals surface area (Å²) in [6, 6.07) is 1.41. The summed E-state index contributed by atoms with van der Waals surface area (Å²) in [6.45, 7) is 9.81. The second-order valence-electron chi connectivity index (χ2n) is 7.60. The van der Waals surface area contributed by atoms with E-state index in [4.69, 9.17) is 4.74 Å². The summed E-state index contributed by atoms with van der Waals surface area (Å²) in [5, 5.41) is 1.01. The van der Waals surface area contributed by atoms with E-state index in [9.17, 15) is 4.79 Å². The Morgan fingerprint density at radius 2 is 2.04 bits per heavy atom. The lowest BCUT2D eigenvalue weighted by Gasteiger charge is -2.39. The van der Waals surface area contributed by atoms with Crippen molar-refractivity contribution in [2.24, 2.45) is 0 Å². The maximum absolute atomic E-state index is 12.3. The molecule has 2 aliphatic rings. The number of piperidine rings is 1. The first-order valence-corrected chi connectivity index (χ1v) is 10.8. The van der Waals surface area contributed by atoms with Gasteiger partial charge in [-0.15, -0.1) is 11.3 Å². The van der Waals surface area contributed by atoms with Crippen LogP contribution in [0.2, 0.25) is 0 Å². The third-order valence-corrected chi connectivity index (χ3v) is 7.18. The van der Waals surface area contributed by atoms with E-state index in [0.717, 1.165) is 40.7 Å². The molecule has 0 radical (unpaired) electrons. The van der Waals surface area contributed by atoms with Gasteiger partial charge in [-0.3, -0.25) is 4.90 Å². The fraction of sp³-hybridized carbons (Fsp3) is 0.650. The highest BCUT2D eigenvalue weighted by Gasteiger charge is 2.32. The Bertz CT molecular complexity index is 829. The number of ether oxygens (including phenoxy) is 1. The minimum atomic E-state index is -0.259. The lowest BCUT2D eigenvalue weighted by atomic mass is 10.0. The van der Waals surface area contributed by atoms with Gasteiger partial charge < -0.3 is 9.64 Å². The molecular formula is C20H28N4O2S. The smallest absolute Gasteiger partial charge is 0.348 e. The van der Waals surface area contributed by atoms with E-state index in [-0.39, 0.29) is 5.97 Å². The molecule has 0 spiro atoms. The number of esters is 1. The Balaban J connectivity index is 1.56. The van der Waals surface area contributed by atoms with Crippen LogP contribution in [0.15, 0.2) is 6.33 Å². The van der Waals surface area contributed by atoms with Crippen LogP contribution in [0.3, 0.4) is 0 Å². The van der Waals surface area contributed by atoms with Crippen molar-refractivity contribution in [1.29, 1.82) is 0 Å². The third-order valence-electron chi connectivity index (χ3n) is 6.01. The van der Waals surface area contributed by atoms with Crippen molar-refractivity contribution in [3.63, 3.8) is 0 Å². The van der Waals surface area contributed by atoms with Gasteiger partial charge in [0.1, 0.15) is 21.9 Å². The van der Waals surface area contributed by atoms with Gasteiger partial charge in [-0.2, -0.15) is 0 Å². The first-order valence-electron chi connectivity index (χ1n) is 10.0. The first-order chi connectivity index (χ1) is 13.1. The molecule has 146 valence electrons. The molecule has 27 heavy (non-hydrogen) atoms. The Morgan fingerprint density at radius 3 is 2.70 bits per heavy atom. The molecule has 0 N–H and O–H groups in total. The van der Waals surface area contributed by atoms with Gasteiger partial charge in [0.2, 0.25) is 0 Å². The van der Waals surface area contributed by atoms with E-state index in [2.05, 4.69) is 26.7 Å². The number of carbonyl (C=O) groups is 1. The summed E-state index contributed by atoms with van der Waals surface area (Å²) in [5.41, 5.74) is 0.944. The minimum absolute atomic E-state index is 0.259. The fourth-order valence-electron chi connectivity index (χ4n) is 4.59. The Morgan fingerprint density at radius 1 is 1.26 bits per heavy atom. The number of aryl methyl sites for hydroxylation is 1. The second kappa shape index (κ2) is 7.72. The molecule has 1 atom stereocenters. The summed E-state index contributed by atoms with van der Waals surface area (Å²) < 4.78 is 5.21. The Kier molecular flexibility index (Phi) is 5.32. The molecular weight excluding hydrogens is 360 g/mol. The van der Waals surface area contributed by atoms with E-state index in [1.54, 1.807) is 6.33 Å². The number of hydrogen-bond acceptors (Lipinski definition) is 7. The summed E-state index contributed by atoms with van der Waals surface area (Å²) in [5.74, 6) is 0.711. The number of nitrogens with zero attached hydrogens (tertiary/aromatic N) is 4. The standard InChI is InChI=1S/C20H28N4O2S/c1-4-26-20(25)17-14(3)16-18(21-12-22-19(16)27-17)23-10-7-15(8-11-23)24-9-5-6-13(24)2/h12-13,15H,4-11H2,1-3H3. The van der Waals surface area contributed by atoms with Gasteiger partial charge in [0.05, 0.1) is 12.0 Å². The van der Waals surface area contributed by atoms with Gasteiger partial charge in [-0.05, 0) is 58.6 Å². The summed E-state index contributed by atoms with van der Waals surface area (Å²) >= 11 is 1.41. The van der Waals surface area contributed by atoms with Crippen LogP contribution in [0.1, 0.15) is 54.8 Å². The molecule has 2 aromatic heterocycles. The molecule has 0 bridgehead atoms. The molecule has 0 aliphatic carbocycles. The number of rotatable bonds is 4. The molecule has 7 heteroatoms. The number of carbonyl (C=O) groups excluding carboxylic acids is 1. The average molecular weight is 389 g/mol. The first kappa shape index (κ1) is 18.6. The number of hydrogen-bond donors (Lipinski definition) is 0. The Hall–Kier alpha value is -1.73. The molecule has 2 fully saturated rings. The van der Waals surface area contributed by atoms with Crippen LogP contribution in [0, 0.1) is 6.92 Å². The highest BCUT2D eigenvalue weighted by molar-refractivity contribution is 7.20. The van der Waals surface area contributed by atoms with Crippen molar-refractivity contribution in [1.82, 2.24) is 14.9 Å². The van der Waals surface area contributed by atoms with E-state index in [1.807, 2.05) is 13.8 Å². The highest BCUT2D eigenvalue weighted by Crippen LogP contribution is 2.36. The molecule has 2 saturated heterocycles. The van der Waals surface area contributed by atoms with Gasteiger partial charge in [0, 0.05) is 25.2 Å². The number of anilines is 1. The zero-order valence-corrected chi connectivity index (χ0v) is 17.2. The fourth-order valence-corrected chi connectivity index (χ4v) is 5.63. The van der Waals surface area contributed by atoms with Crippen LogP contribution in [0.25, 0.3) is 10.2 Å². The van der Waals surface area contributed by atoms with Gasteiger partial charge in [0.25, 0.3) is 0 Å². The van der Waals surface area contributed by atoms with E-state index < -0.39 is 0 Å². The topological polar surface area (TPSA) is 58.6 Å². The van der Waals surface area contributed by atoms with Gasteiger partial charge in [0.15, 0.2) is 0 Å². The van der Waals surface area contributed by atoms with Gasteiger partial charge >= 0.3 is 5.97 Å². The molecule has 2 aliphatic heterocycles. The normalized spacial score (nSPS) is 21.9. The third kappa shape index (κ3) is 3.43. The zero-order chi connectivity index (χ0) is 19.0. The lowest BCUT2D eigenvalue weighted by molar-refractivity contribution is 0.0531. The van der Waals surface area contributed by atoms with Gasteiger partial charge in [-0.1, -0.05) is 0 Å². The van der Waals surface area contributed by atoms with Crippen molar-refractivity contribution >= 4 is 33.3 Å². The van der Waals surface area contributed by atoms with Crippen LogP contribution in [0.4, 0.5) is 5.82 Å². The molecule has 1 unspecified atom stereocenters. The van der Waals surface area contributed by atoms with Crippen molar-refractivity contribution < 1.29 is 9.53 Å². The Labute approximate surface area is 164 Å². The molecule has 4 rings (SSSR count). The summed E-state index contributed by atoms with van der Waals surface area (Å²) in [4.78, 5) is 27.9. The van der Waals surface area contributed by atoms with Crippen molar-refractivity contribution in [3.8, 4) is 0 Å². The van der Waals surface area contributed by atoms with E-state index in [0.29, 0.717) is 17.5 Å². The second-order valence-corrected chi connectivity index (χ2v) is 8.60. The molecule has 2 aromatic rings. The molecule has 0 aromatic carbocycles. The quantitative estimate of drug-likeness (QED) is 0.746. The predicted molar refractivity (Wildman–Crippen MR) is 109 cm³/mol. The van der Waals surface area contributed by atoms with E-state index >= 15 is 0 Å². The molecule has 0 saturated carbocycles.